The summed E-state index contributed by atoms with van der Waals surface area (Å²) in [5.74, 6) is 0.373. The van der Waals surface area contributed by atoms with Gasteiger partial charge in [0.1, 0.15) is 223 Å². The van der Waals surface area contributed by atoms with Gasteiger partial charge in [-0.3, -0.25) is 10.9 Å². The van der Waals surface area contributed by atoms with E-state index in [1.165, 1.54) is 34.2 Å². The molecule has 7 unspecified atom stereocenters. The highest BCUT2D eigenvalue weighted by Gasteiger charge is 2.52. The summed E-state index contributed by atoms with van der Waals surface area (Å²) in [7, 11) is 3.69. The predicted molar refractivity (Wildman–Crippen MR) is 549 cm³/mol. The summed E-state index contributed by atoms with van der Waals surface area (Å²) in [6.45, 7) is 15.6. The lowest BCUT2D eigenvalue weighted by Gasteiger charge is -2.37. The third-order valence-corrected chi connectivity index (χ3v) is 23.9. The first kappa shape index (κ1) is 123. The normalized spacial score (nSPS) is 32.1. The van der Waals surface area contributed by atoms with Crippen molar-refractivity contribution in [3.8, 4) is 0 Å². The van der Waals surface area contributed by atoms with Gasteiger partial charge in [0.15, 0.2) is 30.7 Å². The molecule has 38 N–H and O–H groups in total. The van der Waals surface area contributed by atoms with Gasteiger partial charge in [0.25, 0.3) is 0 Å². The van der Waals surface area contributed by atoms with Crippen LogP contribution in [0.4, 0.5) is 21.5 Å². The van der Waals surface area contributed by atoms with E-state index in [2.05, 4.69) is 82.8 Å². The molecule has 0 bridgehead atoms. The highest BCUT2D eigenvalue weighted by molar-refractivity contribution is 7.81. The van der Waals surface area contributed by atoms with Crippen LogP contribution in [0.25, 0.3) is 0 Å². The Labute approximate surface area is 855 Å². The lowest BCUT2D eigenvalue weighted by Crippen LogP contribution is -2.62. The minimum atomic E-state index is -1.71. The number of aliphatic hydroxyl groups excluding tert-OH is 30. The third kappa shape index (κ3) is 35.0. The molecule has 0 amide bonds. The molecule has 0 aliphatic heterocycles. The molecule has 0 spiro atoms. The van der Waals surface area contributed by atoms with E-state index in [0.29, 0.717) is 48.5 Å². The van der Waals surface area contributed by atoms with Crippen LogP contribution >= 0.6 is 82.7 Å². The Balaban J connectivity index is 0.000000264. The van der Waals surface area contributed by atoms with Gasteiger partial charge in [-0.15, -0.1) is 0 Å². The number of nitrogens with zero attached hydrogens (tertiary/aromatic N) is 10. The second-order valence-corrected chi connectivity index (χ2v) is 37.7. The summed E-state index contributed by atoms with van der Waals surface area (Å²) in [4.78, 5) is 0. The monoisotopic (exact) mass is 2150 g/mol. The number of halogens is 1. The van der Waals surface area contributed by atoms with Gasteiger partial charge in [0.2, 0.25) is 0 Å². The lowest BCUT2D eigenvalue weighted by molar-refractivity contribution is -0.130. The molecule has 143 heavy (non-hydrogen) atoms. The Kier molecular flexibility index (Phi) is 49.6. The van der Waals surface area contributed by atoms with E-state index < -0.39 is 183 Å². The van der Waals surface area contributed by atoms with E-state index in [4.69, 9.17) is 73.3 Å². The van der Waals surface area contributed by atoms with Crippen LogP contribution in [-0.4, -0.2) is 437 Å². The molecule has 6 aliphatic carbocycles. The van der Waals surface area contributed by atoms with Gasteiger partial charge in [-0.25, -0.2) is 24.2 Å². The number of thiocarbonyl (C=S) groups is 6. The summed E-state index contributed by atoms with van der Waals surface area (Å²) in [5, 5.41) is 339. The second-order valence-electron chi connectivity index (χ2n) is 34.8. The first-order valence-corrected chi connectivity index (χ1v) is 46.9. The van der Waals surface area contributed by atoms with Crippen LogP contribution in [0.3, 0.4) is 0 Å². The summed E-state index contributed by atoms with van der Waals surface area (Å²) >= 11 is 31.0. The quantitative estimate of drug-likeness (QED) is 0.0233. The molecular formula is C87H128FN18O30PS6. The minimum Gasteiger partial charge on any atom is -0.387 e. The van der Waals surface area contributed by atoms with E-state index in [1.54, 1.807) is 78.9 Å². The smallest absolute Gasteiger partial charge is 0.198 e. The molecule has 0 radical (unpaired) electrons. The Morgan fingerprint density at radius 3 is 0.923 bits per heavy atom. The molecule has 0 saturated heterocycles. The van der Waals surface area contributed by atoms with Gasteiger partial charge in [0.05, 0.1) is 11.4 Å². The molecule has 31 atom stereocenters. The van der Waals surface area contributed by atoms with Crippen molar-refractivity contribution in [1.29, 1.82) is 0 Å². The molecule has 6 aliphatic rings. The number of para-hydroxylation sites is 3. The summed E-state index contributed by atoms with van der Waals surface area (Å²) in [5.41, 5.74) is 6.19. The van der Waals surface area contributed by atoms with Crippen molar-refractivity contribution in [3.63, 3.8) is 0 Å². The average Bonchev–Trinajstić information content (AvgIpc) is 0.805. The zero-order chi connectivity index (χ0) is 107. The molecular weight excluding hydrogens is 2020 g/mol. The Bertz CT molecular complexity index is 4890. The van der Waals surface area contributed by atoms with Crippen molar-refractivity contribution >= 4 is 165 Å². The van der Waals surface area contributed by atoms with Crippen molar-refractivity contribution in [2.75, 3.05) is 35.5 Å². The number of anilines is 3. The standard InChI is InChI=1S/C20H23N3O5S.C19H21N3O5S.C14H18FN3O5S.C12H23N3O5S.C11H22N3O5PS.C11H21N3O5S/c24-15-14(16(25)18(27)19(28)17(15)26)22-23(13-9-5-2-6-10-13)20(29)21-11-12-7-3-1-4-8-12;23-14-13(15(24)17(26)18(27)16(14)25)21-22(12-9-5-2-6-10-12)19(28)20-11-7-3-1-4-8-11;15-7-3-1-6(2-4-7)5-16-14(24)18-17-8-9(19)11(21)13(23)12(22)10(8)20;1-5(2)4-13-12(21)15(3)14-6-7(16)9(18)11(20)10(19)8(6)17;1-4(2)3-12-11(21)14(20)13-5-6(15)8(17)10(19)9(18)7(5)16;1-11(2,3)12-10(20)14-13-4-5(15)7(17)9(19)8(18)6(4)16/h1-10,15-19,24-28H,11H2,(H,21,29);1-10,14-18,23-27H,(H,20,28);1-4,9-13,19-23H,5H2,(H2,16,18,24);5,7-11,16-20H,4H2,1-3H3,(H,13,21);4,6-10,15-19H,3,20H2,1-2H3,(H,12,21);5-9,15-19H,1-3H3,(H2,12,14,20)/t15-,16+,17-,18-,19?;14-,15+,16-,17-,18?;9-,10+,11-,12-,13?;7-,8+,9-,10-,11?;6-,7+,8-,9-,10?;5-,6+,7-,8-,9?/m111111/s1. The van der Waals surface area contributed by atoms with Crippen molar-refractivity contribution in [2.24, 2.45) is 42.4 Å². The fourth-order valence-electron chi connectivity index (χ4n) is 13.3. The van der Waals surface area contributed by atoms with Crippen molar-refractivity contribution in [2.45, 2.75) is 250 Å². The zero-order valence-electron chi connectivity index (χ0n) is 78.0. The van der Waals surface area contributed by atoms with Gasteiger partial charge in [-0.2, -0.15) is 30.6 Å². The molecule has 5 aromatic carbocycles. The highest BCUT2D eigenvalue weighted by atomic mass is 32.1. The zero-order valence-corrected chi connectivity index (χ0v) is 84.0. The minimum absolute atomic E-state index is 0.0429. The van der Waals surface area contributed by atoms with E-state index >= 15 is 0 Å². The van der Waals surface area contributed by atoms with Crippen LogP contribution in [0.1, 0.15) is 59.6 Å². The first-order valence-electron chi connectivity index (χ1n) is 44.0. The number of hydrazone groups is 6. The van der Waals surface area contributed by atoms with Crippen LogP contribution in [0.15, 0.2) is 176 Å². The fraction of sp³-hybridized carbons (Fsp3) is 0.517. The fourth-order valence-corrected chi connectivity index (χ4v) is 14.7. The van der Waals surface area contributed by atoms with Gasteiger partial charge in [0, 0.05) is 44.5 Å². The number of aliphatic hydroxyl groups is 30. The van der Waals surface area contributed by atoms with Crippen LogP contribution in [0.5, 0.6) is 0 Å². The molecule has 6 saturated carbocycles. The van der Waals surface area contributed by atoms with E-state index in [1.807, 2.05) is 103 Å². The van der Waals surface area contributed by atoms with Gasteiger partial charge >= 0.3 is 0 Å². The summed E-state index contributed by atoms with van der Waals surface area (Å²) in [6, 6.07) is 42.0. The van der Waals surface area contributed by atoms with Crippen LogP contribution in [0, 0.1) is 17.7 Å². The van der Waals surface area contributed by atoms with Crippen molar-refractivity contribution < 1.29 is 158 Å². The number of hydrogen-bond acceptors (Lipinski definition) is 42. The number of benzene rings is 5. The van der Waals surface area contributed by atoms with Crippen LogP contribution < -0.4 is 52.8 Å². The molecule has 0 heterocycles. The summed E-state index contributed by atoms with van der Waals surface area (Å²) < 4.78 is 13.9. The Morgan fingerprint density at radius 2 is 0.594 bits per heavy atom. The van der Waals surface area contributed by atoms with E-state index in [0.717, 1.165) is 15.9 Å². The second kappa shape index (κ2) is 57.7. The topological polar surface area (TPSA) is 790 Å². The van der Waals surface area contributed by atoms with Crippen LogP contribution in [0.2, 0.25) is 0 Å². The summed E-state index contributed by atoms with van der Waals surface area (Å²) in [6.07, 6.45) is -49.7. The van der Waals surface area contributed by atoms with Gasteiger partial charge in [-0.05, 0) is 175 Å². The molecule has 0 aromatic heterocycles. The predicted octanol–water partition coefficient (Wildman–Crippen LogP) is -9.40. The molecule has 48 nitrogen and oxygen atoms in total. The Morgan fingerprint density at radius 1 is 0.322 bits per heavy atom. The lowest BCUT2D eigenvalue weighted by atomic mass is 9.85. The van der Waals surface area contributed by atoms with E-state index in [-0.39, 0.29) is 82.8 Å². The maximum absolute atomic E-state index is 12.8. The molecule has 6 fully saturated rings. The highest BCUT2D eigenvalue weighted by Crippen LogP contribution is 2.29. The molecule has 56 heteroatoms. The maximum Gasteiger partial charge on any atom is 0.198 e. The van der Waals surface area contributed by atoms with Gasteiger partial charge in [-0.1, -0.05) is 125 Å². The van der Waals surface area contributed by atoms with Gasteiger partial charge < -0.3 is 185 Å². The van der Waals surface area contributed by atoms with Crippen LogP contribution in [-0.2, 0) is 13.1 Å². The Hall–Kier alpha value is -8.58. The third-order valence-electron chi connectivity index (χ3n) is 21.6. The SMILES string of the molecule is CC(C)(C)NC(=S)NN=C1[C@@H](O)[C@@H](O)C(O)[C@H](O)[C@H]1O.CC(C)CNC(=S)N(C)N=C1[C@@H](O)[C@@H](O)C(O)[C@H](O)[C@H]1O.CC(C)CNC(=S)N(P)N=C1[C@@H](O)[C@@H](O)C(O)[C@H](O)[C@H]1O.OC1[C@H](O)[C@H](O)C(=NN(C(=S)NCc2ccccc2)c2ccccc2)[C@H](O)[C@H]1O.OC1[C@H](O)[C@H](O)C(=NN(C(=S)Nc2ccccc2)c2ccccc2)[C@H](O)[C@H]1O.OC1[C@H](O)[C@H](O)C(=NNC(=S)NCc2ccc(F)cc2)[C@H](O)[C@H]1O. The number of rotatable bonds is 17. The van der Waals surface area contributed by atoms with E-state index in [9.17, 15) is 158 Å². The number of hydrogen-bond donors (Lipinski definition) is 38. The largest absolute Gasteiger partial charge is 0.387 e. The molecule has 5 aromatic rings. The first-order chi connectivity index (χ1) is 67.0. The average molecular weight is 2150 g/mol. The maximum atomic E-state index is 12.8. The van der Waals surface area contributed by atoms with Crippen molar-refractivity contribution in [1.82, 2.24) is 47.2 Å². The number of nitrogens with one attached hydrogen (secondary N) is 8. The molecule has 794 valence electrons. The van der Waals surface area contributed by atoms with Crippen molar-refractivity contribution in [3.05, 3.63) is 163 Å². The molecule has 11 rings (SSSR count).